The minimum atomic E-state index is -0.184. The third-order valence-corrected chi connectivity index (χ3v) is 6.24. The van der Waals surface area contributed by atoms with Crippen molar-refractivity contribution in [1.29, 1.82) is 0 Å². The van der Waals surface area contributed by atoms with Crippen LogP contribution in [0, 0.1) is 0 Å². The molecule has 0 bridgehead atoms. The number of thioether (sulfide) groups is 1. The Morgan fingerprint density at radius 2 is 1.92 bits per heavy atom. The largest absolute Gasteiger partial charge is 0.325 e. The van der Waals surface area contributed by atoms with Gasteiger partial charge in [-0.05, 0) is 24.3 Å². The number of thiazole rings is 1. The monoisotopic (exact) mass is 378 g/mol. The number of anilines is 1. The van der Waals surface area contributed by atoms with Gasteiger partial charge in [0.1, 0.15) is 0 Å². The van der Waals surface area contributed by atoms with E-state index in [0.717, 1.165) is 44.6 Å². The van der Waals surface area contributed by atoms with Crippen LogP contribution in [-0.2, 0) is 6.54 Å². The number of benzene rings is 2. The van der Waals surface area contributed by atoms with Gasteiger partial charge in [-0.25, -0.2) is 9.97 Å². The summed E-state index contributed by atoms with van der Waals surface area (Å²) in [6.07, 6.45) is 2.09. The number of amides is 1. The zero-order valence-corrected chi connectivity index (χ0v) is 15.3. The number of nitrogens with zero attached hydrogens (tertiary/aromatic N) is 3. The summed E-state index contributed by atoms with van der Waals surface area (Å²) in [6.45, 7) is 1.02. The van der Waals surface area contributed by atoms with Gasteiger partial charge in [0.2, 0.25) is 0 Å². The van der Waals surface area contributed by atoms with Crippen LogP contribution in [0.3, 0.4) is 0 Å². The van der Waals surface area contributed by atoms with Crippen molar-refractivity contribution in [3.63, 3.8) is 0 Å². The third kappa shape index (κ3) is 2.79. The number of rotatable bonds is 3. The van der Waals surface area contributed by atoms with Crippen molar-refractivity contribution in [2.45, 2.75) is 11.7 Å². The van der Waals surface area contributed by atoms with Crippen LogP contribution in [0.2, 0.25) is 0 Å². The van der Waals surface area contributed by atoms with E-state index in [0.29, 0.717) is 5.01 Å². The standard InChI is InChI=1S/C19H14N4OS2/c24-17(18-21-14-3-1-2-4-16(14)26-18)20-13-7-5-12(6-8-13)15-11-23-9-10-25-19(23)22-15/h1-8,11H,9-10H2,(H,20,24). The molecule has 5 rings (SSSR count). The Hall–Kier alpha value is -2.64. The van der Waals surface area contributed by atoms with E-state index in [1.165, 1.54) is 11.3 Å². The van der Waals surface area contributed by atoms with Gasteiger partial charge >= 0.3 is 0 Å². The van der Waals surface area contributed by atoms with Crippen LogP contribution < -0.4 is 5.32 Å². The summed E-state index contributed by atoms with van der Waals surface area (Å²) >= 11 is 3.18. The molecular formula is C19H14N4OS2. The highest BCUT2D eigenvalue weighted by molar-refractivity contribution is 7.99. The SMILES string of the molecule is O=C(Nc1ccc(-c2cn3c(n2)SCC3)cc1)c1nc2ccccc2s1. The smallest absolute Gasteiger partial charge is 0.284 e. The number of hydrogen-bond donors (Lipinski definition) is 1. The van der Waals surface area contributed by atoms with E-state index in [9.17, 15) is 4.79 Å². The molecule has 0 unspecified atom stereocenters. The molecule has 1 aliphatic heterocycles. The molecule has 4 aromatic rings. The molecule has 0 saturated heterocycles. The van der Waals surface area contributed by atoms with E-state index in [-0.39, 0.29) is 5.91 Å². The fourth-order valence-electron chi connectivity index (χ4n) is 2.93. The lowest BCUT2D eigenvalue weighted by atomic mass is 10.1. The van der Waals surface area contributed by atoms with Crippen molar-refractivity contribution in [3.05, 3.63) is 59.7 Å². The molecule has 0 spiro atoms. The van der Waals surface area contributed by atoms with Gasteiger partial charge in [-0.3, -0.25) is 4.79 Å². The van der Waals surface area contributed by atoms with E-state index in [1.807, 2.05) is 48.5 Å². The Morgan fingerprint density at radius 1 is 1.08 bits per heavy atom. The number of aryl methyl sites for hydroxylation is 1. The maximum atomic E-state index is 12.5. The average Bonchev–Trinajstić information content (AvgIpc) is 3.36. The topological polar surface area (TPSA) is 59.8 Å². The molecule has 3 heterocycles. The molecule has 1 N–H and O–H groups in total. The molecule has 0 fully saturated rings. The molecule has 2 aromatic heterocycles. The van der Waals surface area contributed by atoms with Crippen molar-refractivity contribution in [3.8, 4) is 11.3 Å². The average molecular weight is 378 g/mol. The molecule has 1 aliphatic rings. The number of imidazole rings is 1. The highest BCUT2D eigenvalue weighted by Crippen LogP contribution is 2.29. The first-order chi connectivity index (χ1) is 12.8. The van der Waals surface area contributed by atoms with Crippen LogP contribution in [0.1, 0.15) is 9.80 Å². The van der Waals surface area contributed by atoms with Gasteiger partial charge < -0.3 is 9.88 Å². The summed E-state index contributed by atoms with van der Waals surface area (Å²) in [7, 11) is 0. The Bertz CT molecular complexity index is 1060. The minimum Gasteiger partial charge on any atom is -0.325 e. The van der Waals surface area contributed by atoms with Crippen molar-refractivity contribution in [2.24, 2.45) is 0 Å². The second-order valence-corrected chi connectivity index (χ2v) is 8.06. The maximum absolute atomic E-state index is 12.5. The quantitative estimate of drug-likeness (QED) is 0.569. The van der Waals surface area contributed by atoms with Crippen LogP contribution in [-0.4, -0.2) is 26.2 Å². The first kappa shape index (κ1) is 15.6. The molecule has 5 nitrogen and oxygen atoms in total. The van der Waals surface area contributed by atoms with Crippen LogP contribution in [0.4, 0.5) is 5.69 Å². The number of carbonyl (C=O) groups is 1. The van der Waals surface area contributed by atoms with Gasteiger partial charge in [0.25, 0.3) is 5.91 Å². The fourth-order valence-corrected chi connectivity index (χ4v) is 4.73. The number of carbonyl (C=O) groups excluding carboxylic acids is 1. The molecule has 0 saturated carbocycles. The predicted molar refractivity (Wildman–Crippen MR) is 106 cm³/mol. The molecule has 128 valence electrons. The second-order valence-electron chi connectivity index (χ2n) is 5.97. The Labute approximate surface area is 158 Å². The molecule has 2 aromatic carbocycles. The van der Waals surface area contributed by atoms with Gasteiger partial charge in [-0.1, -0.05) is 36.0 Å². The molecule has 0 aliphatic carbocycles. The van der Waals surface area contributed by atoms with Gasteiger partial charge in [0.15, 0.2) is 10.2 Å². The number of nitrogens with one attached hydrogen (secondary N) is 1. The summed E-state index contributed by atoms with van der Waals surface area (Å²) < 4.78 is 3.20. The Morgan fingerprint density at radius 3 is 2.73 bits per heavy atom. The molecular weight excluding hydrogens is 364 g/mol. The summed E-state index contributed by atoms with van der Waals surface area (Å²) in [5.41, 5.74) is 3.62. The Balaban J connectivity index is 1.34. The predicted octanol–water partition coefficient (Wildman–Crippen LogP) is 4.52. The number of aromatic nitrogens is 3. The molecule has 26 heavy (non-hydrogen) atoms. The molecule has 7 heteroatoms. The fraction of sp³-hybridized carbons (Fsp3) is 0.105. The van der Waals surface area contributed by atoms with Gasteiger partial charge in [-0.2, -0.15) is 0 Å². The van der Waals surface area contributed by atoms with Crippen LogP contribution in [0.25, 0.3) is 21.5 Å². The lowest BCUT2D eigenvalue weighted by Crippen LogP contribution is -2.11. The molecule has 0 atom stereocenters. The first-order valence-electron chi connectivity index (χ1n) is 8.24. The van der Waals surface area contributed by atoms with Gasteiger partial charge in [0.05, 0.1) is 15.9 Å². The minimum absolute atomic E-state index is 0.184. The summed E-state index contributed by atoms with van der Waals surface area (Å²) in [4.78, 5) is 21.5. The molecule has 1 amide bonds. The normalized spacial score (nSPS) is 13.1. The number of para-hydroxylation sites is 1. The maximum Gasteiger partial charge on any atom is 0.284 e. The van der Waals surface area contributed by atoms with Crippen LogP contribution in [0.15, 0.2) is 59.9 Å². The van der Waals surface area contributed by atoms with E-state index in [1.54, 1.807) is 11.8 Å². The Kier molecular flexibility index (Phi) is 3.76. The lowest BCUT2D eigenvalue weighted by Gasteiger charge is -2.04. The summed E-state index contributed by atoms with van der Waals surface area (Å²) in [5, 5.41) is 4.46. The van der Waals surface area contributed by atoms with Crippen LogP contribution >= 0.6 is 23.1 Å². The van der Waals surface area contributed by atoms with E-state index >= 15 is 0 Å². The lowest BCUT2D eigenvalue weighted by molar-refractivity contribution is 0.102. The van der Waals surface area contributed by atoms with E-state index in [2.05, 4.69) is 26.0 Å². The van der Waals surface area contributed by atoms with Crippen molar-refractivity contribution < 1.29 is 4.79 Å². The second kappa shape index (κ2) is 6.26. The number of hydrogen-bond acceptors (Lipinski definition) is 5. The van der Waals surface area contributed by atoms with Gasteiger partial charge in [-0.15, -0.1) is 11.3 Å². The zero-order chi connectivity index (χ0) is 17.5. The highest BCUT2D eigenvalue weighted by atomic mass is 32.2. The van der Waals surface area contributed by atoms with Crippen molar-refractivity contribution in [2.75, 3.05) is 11.1 Å². The number of fused-ring (bicyclic) bond motifs is 2. The van der Waals surface area contributed by atoms with E-state index in [4.69, 9.17) is 0 Å². The molecule has 0 radical (unpaired) electrons. The highest BCUT2D eigenvalue weighted by Gasteiger charge is 2.16. The van der Waals surface area contributed by atoms with Crippen LogP contribution in [0.5, 0.6) is 0 Å². The summed E-state index contributed by atoms with van der Waals surface area (Å²) in [5.74, 6) is 0.913. The van der Waals surface area contributed by atoms with Crippen molar-refractivity contribution >= 4 is 44.9 Å². The van der Waals surface area contributed by atoms with E-state index < -0.39 is 0 Å². The summed E-state index contributed by atoms with van der Waals surface area (Å²) in [6, 6.07) is 15.5. The first-order valence-corrected chi connectivity index (χ1v) is 10.0. The van der Waals surface area contributed by atoms with Crippen molar-refractivity contribution in [1.82, 2.24) is 14.5 Å². The third-order valence-electron chi connectivity index (χ3n) is 4.23. The van der Waals surface area contributed by atoms with Gasteiger partial charge in [0, 0.05) is 29.7 Å². The zero-order valence-electron chi connectivity index (χ0n) is 13.7.